The molecule has 5 atom stereocenters. The third-order valence-electron chi connectivity index (χ3n) is 8.75. The van der Waals surface area contributed by atoms with Crippen LogP contribution in [0.4, 0.5) is 0 Å². The summed E-state index contributed by atoms with van der Waals surface area (Å²) in [6, 6.07) is 2.84. The lowest BCUT2D eigenvalue weighted by Crippen LogP contribution is -2.64. The van der Waals surface area contributed by atoms with Gasteiger partial charge >= 0.3 is 11.9 Å². The van der Waals surface area contributed by atoms with Crippen molar-refractivity contribution in [3.8, 4) is 0 Å². The molecule has 0 spiro atoms. The van der Waals surface area contributed by atoms with Crippen molar-refractivity contribution in [1.82, 2.24) is 9.47 Å². The van der Waals surface area contributed by atoms with Gasteiger partial charge in [-0.25, -0.2) is 4.79 Å². The van der Waals surface area contributed by atoms with Gasteiger partial charge in [0.2, 0.25) is 18.6 Å². The highest BCUT2D eigenvalue weighted by Gasteiger charge is 2.61. The number of hydrogen-bond acceptors (Lipinski definition) is 8. The van der Waals surface area contributed by atoms with Crippen LogP contribution in [0.25, 0.3) is 0 Å². The van der Waals surface area contributed by atoms with Gasteiger partial charge in [0, 0.05) is 29.0 Å². The maximum Gasteiger partial charge on any atom is 0.358 e. The Morgan fingerprint density at radius 1 is 1.05 bits per heavy atom. The Morgan fingerprint density at radius 2 is 1.63 bits per heavy atom. The maximum atomic E-state index is 13.5. The molecule has 0 saturated carbocycles. The van der Waals surface area contributed by atoms with Crippen molar-refractivity contribution < 1.29 is 33.1 Å². The van der Waals surface area contributed by atoms with E-state index in [-0.39, 0.29) is 46.7 Å². The van der Waals surface area contributed by atoms with E-state index < -0.39 is 40.7 Å². The number of ether oxygens (including phenoxy) is 2. The summed E-state index contributed by atoms with van der Waals surface area (Å²) in [5.41, 5.74) is -0.515. The van der Waals surface area contributed by atoms with Crippen LogP contribution in [0.5, 0.6) is 0 Å². The van der Waals surface area contributed by atoms with Crippen molar-refractivity contribution in [2.45, 2.75) is 117 Å². The maximum absolute atomic E-state index is 13.5. The van der Waals surface area contributed by atoms with Gasteiger partial charge < -0.3 is 23.4 Å². The highest BCUT2D eigenvalue weighted by molar-refractivity contribution is 8.03. The number of fused-ring (bicyclic) bond motifs is 1. The molecule has 0 radical (unpaired) electrons. The van der Waals surface area contributed by atoms with Gasteiger partial charge in [0.05, 0.1) is 23.5 Å². The second-order valence-electron chi connectivity index (χ2n) is 13.6. The molecule has 0 aromatic heterocycles. The summed E-state index contributed by atoms with van der Waals surface area (Å²) in [6.07, 6.45) is 0.138. The molecule has 232 valence electrons. The van der Waals surface area contributed by atoms with Crippen molar-refractivity contribution in [2.24, 2.45) is 17.3 Å². The molecule has 3 rings (SSSR count). The second-order valence-corrected chi connectivity index (χ2v) is 24.5. The topological polar surface area (TPSA) is 102 Å². The normalized spacial score (nSPS) is 25.8. The minimum absolute atomic E-state index is 0.0131. The molecule has 0 aromatic rings. The first-order valence-corrected chi connectivity index (χ1v) is 21.8. The van der Waals surface area contributed by atoms with Crippen LogP contribution in [0.15, 0.2) is 10.6 Å². The van der Waals surface area contributed by atoms with E-state index in [0.717, 1.165) is 23.0 Å². The number of nitrogens with zero attached hydrogens (tertiary/aromatic N) is 2. The Labute approximate surface area is 252 Å². The molecule has 12 heteroatoms. The molecule has 3 aliphatic heterocycles. The molecular formula is C29H50N2O7SSi2. The molecule has 0 bridgehead atoms. The number of carbonyl (C=O) groups is 4. The highest BCUT2D eigenvalue weighted by Crippen LogP contribution is 2.53. The van der Waals surface area contributed by atoms with Gasteiger partial charge in [-0.15, -0.1) is 11.8 Å². The van der Waals surface area contributed by atoms with E-state index in [1.807, 2.05) is 13.8 Å². The molecular weight excluding hydrogens is 577 g/mol. The van der Waals surface area contributed by atoms with Gasteiger partial charge in [-0.05, 0) is 65.5 Å². The van der Waals surface area contributed by atoms with E-state index in [0.29, 0.717) is 13.0 Å². The zero-order chi connectivity index (χ0) is 31.1. The summed E-state index contributed by atoms with van der Waals surface area (Å²) in [4.78, 5) is 54.8. The summed E-state index contributed by atoms with van der Waals surface area (Å²) in [5, 5.41) is -0.0131. The fourth-order valence-corrected chi connectivity index (χ4v) is 13.1. The van der Waals surface area contributed by atoms with E-state index in [1.165, 1.54) is 11.8 Å². The van der Waals surface area contributed by atoms with E-state index in [1.54, 1.807) is 25.7 Å². The van der Waals surface area contributed by atoms with Crippen molar-refractivity contribution in [3.63, 3.8) is 0 Å². The Bertz CT molecular complexity index is 1070. The lowest BCUT2D eigenvalue weighted by atomic mass is 9.79. The van der Waals surface area contributed by atoms with E-state index >= 15 is 0 Å². The SMILES string of the molecule is CC[Si](CC)(CC)N1C[C@H](SC2=C(C(=O)OCOC(=O)C(C)(C)C)N3C(=O)[C@H]([C@@H](C)O[Si](C)(C)C)[C@H]3[C@H]2C)CC1=O. The fraction of sp³-hybridized carbons (Fsp3) is 0.793. The Morgan fingerprint density at radius 3 is 2.15 bits per heavy atom. The summed E-state index contributed by atoms with van der Waals surface area (Å²) in [7, 11) is -3.79. The number of β-lactam (4-membered cyclic amide) rings is 1. The Hall–Kier alpha value is -1.64. The van der Waals surface area contributed by atoms with Crippen LogP contribution < -0.4 is 0 Å². The first kappa shape index (κ1) is 33.9. The minimum atomic E-state index is -1.90. The third-order valence-corrected chi connectivity index (χ3v) is 16.8. The van der Waals surface area contributed by atoms with E-state index in [2.05, 4.69) is 45.0 Å². The molecule has 9 nitrogen and oxygen atoms in total. The predicted molar refractivity (Wildman–Crippen MR) is 166 cm³/mol. The smallest absolute Gasteiger partial charge is 0.358 e. The van der Waals surface area contributed by atoms with Crippen molar-refractivity contribution >= 4 is 52.1 Å². The lowest BCUT2D eigenvalue weighted by molar-refractivity contribution is -0.175. The van der Waals surface area contributed by atoms with Crippen molar-refractivity contribution in [2.75, 3.05) is 13.3 Å². The van der Waals surface area contributed by atoms with Gasteiger partial charge in [-0.3, -0.25) is 14.4 Å². The second kappa shape index (κ2) is 12.5. The molecule has 2 amide bonds. The monoisotopic (exact) mass is 626 g/mol. The Kier molecular flexibility index (Phi) is 10.4. The summed E-state index contributed by atoms with van der Waals surface area (Å²) >= 11 is 1.54. The number of carbonyl (C=O) groups excluding carboxylic acids is 4. The first-order valence-electron chi connectivity index (χ1n) is 15.0. The number of hydrogen-bond donors (Lipinski definition) is 0. The largest absolute Gasteiger partial charge is 0.427 e. The summed E-state index contributed by atoms with van der Waals surface area (Å²) < 4.78 is 19.1. The van der Waals surface area contributed by atoms with E-state index in [4.69, 9.17) is 13.9 Å². The quantitative estimate of drug-likeness (QED) is 0.124. The molecule has 0 unspecified atom stereocenters. The van der Waals surface area contributed by atoms with Crippen LogP contribution in [-0.2, 0) is 33.1 Å². The molecule has 2 saturated heterocycles. The number of amides is 2. The van der Waals surface area contributed by atoms with Gasteiger partial charge in [-0.2, -0.15) is 0 Å². The van der Waals surface area contributed by atoms with Gasteiger partial charge in [0.1, 0.15) is 5.70 Å². The number of esters is 2. The average molecular weight is 627 g/mol. The summed E-state index contributed by atoms with van der Waals surface area (Å²) in [5.74, 6) is -1.61. The third kappa shape index (κ3) is 6.80. The molecule has 41 heavy (non-hydrogen) atoms. The zero-order valence-electron chi connectivity index (χ0n) is 26.8. The average Bonchev–Trinajstić information content (AvgIpc) is 3.34. The van der Waals surface area contributed by atoms with Crippen molar-refractivity contribution in [1.29, 1.82) is 0 Å². The lowest BCUT2D eigenvalue weighted by Gasteiger charge is -2.48. The molecule has 0 aromatic carbocycles. The Balaban J connectivity index is 1.88. The predicted octanol–water partition coefficient (Wildman–Crippen LogP) is 5.34. The standard InChI is InChI=1S/C29H50N2O7SSi2/c1-12-41(13-2,14-3)30-16-20(15-21(30)32)39-25-18(4)23-22(19(5)38-40(9,10)11)26(33)31(23)24(25)27(34)36-17-37-28(35)29(6,7)8/h18-20,22-23H,12-17H2,1-11H3/t18-,19-,20-,22-,23-/m1/s1. The van der Waals surface area contributed by atoms with Crippen LogP contribution in [0.3, 0.4) is 0 Å². The van der Waals surface area contributed by atoms with Crippen LogP contribution >= 0.6 is 11.8 Å². The van der Waals surface area contributed by atoms with Gasteiger partial charge in [0.25, 0.3) is 0 Å². The fourth-order valence-electron chi connectivity index (χ4n) is 6.42. The highest BCUT2D eigenvalue weighted by atomic mass is 32.2. The van der Waals surface area contributed by atoms with Crippen molar-refractivity contribution in [3.05, 3.63) is 10.6 Å². The van der Waals surface area contributed by atoms with Gasteiger partial charge in [-0.1, -0.05) is 27.7 Å². The molecule has 3 aliphatic rings. The minimum Gasteiger partial charge on any atom is -0.427 e. The number of rotatable bonds is 12. The zero-order valence-corrected chi connectivity index (χ0v) is 29.6. The summed E-state index contributed by atoms with van der Waals surface area (Å²) in [6.45, 7) is 22.1. The van der Waals surface area contributed by atoms with Gasteiger partial charge in [0.15, 0.2) is 16.6 Å². The molecule has 3 heterocycles. The first-order chi connectivity index (χ1) is 18.9. The van der Waals surface area contributed by atoms with E-state index in [9.17, 15) is 19.2 Å². The van der Waals surface area contributed by atoms with Crippen LogP contribution in [-0.4, -0.2) is 80.5 Å². The van der Waals surface area contributed by atoms with Crippen LogP contribution in [0, 0.1) is 17.3 Å². The molecule has 0 N–H and O–H groups in total. The number of thioether (sulfide) groups is 1. The van der Waals surface area contributed by atoms with Crippen LogP contribution in [0.1, 0.15) is 61.8 Å². The molecule has 2 fully saturated rings. The van der Waals surface area contributed by atoms with Crippen LogP contribution in [0.2, 0.25) is 37.8 Å². The molecule has 0 aliphatic carbocycles.